The number of fused-ring (bicyclic) bond motifs is 2. The minimum atomic E-state index is -1.99. The van der Waals surface area contributed by atoms with E-state index in [-0.39, 0.29) is 12.1 Å². The average Bonchev–Trinajstić information content (AvgIpc) is 3.57. The van der Waals surface area contributed by atoms with Crippen LogP contribution in [0.5, 0.6) is 0 Å². The molecule has 3 heterocycles. The van der Waals surface area contributed by atoms with Crippen molar-refractivity contribution in [3.05, 3.63) is 47.2 Å². The number of aromatic nitrogens is 3. The Labute approximate surface area is 251 Å². The van der Waals surface area contributed by atoms with Crippen LogP contribution in [0.25, 0.3) is 11.0 Å². The van der Waals surface area contributed by atoms with Gasteiger partial charge in [0.15, 0.2) is 5.65 Å². The Bertz CT molecular complexity index is 1500. The molecule has 2 aliphatic rings. The van der Waals surface area contributed by atoms with Crippen molar-refractivity contribution >= 4 is 42.6 Å². The molecule has 0 saturated heterocycles. The molecule has 1 aromatic carbocycles. The number of carbonyl (C=O) groups is 1. The van der Waals surface area contributed by atoms with Crippen molar-refractivity contribution in [3.8, 4) is 11.5 Å². The molecule has 1 fully saturated rings. The van der Waals surface area contributed by atoms with Crippen molar-refractivity contribution in [1.82, 2.24) is 25.2 Å². The molecule has 1 saturated carbocycles. The third kappa shape index (κ3) is 6.15. The summed E-state index contributed by atoms with van der Waals surface area (Å²) < 4.78 is 0. The first-order chi connectivity index (χ1) is 20.1. The molecule has 2 aromatic heterocycles. The lowest BCUT2D eigenvalue weighted by Gasteiger charge is -2.38. The maximum absolute atomic E-state index is 12.9. The second-order valence-corrected chi connectivity index (χ2v) is 18.5. The number of nitrogens with one attached hydrogen (secondary N) is 3. The van der Waals surface area contributed by atoms with Crippen molar-refractivity contribution < 1.29 is 4.79 Å². The third-order valence-corrected chi connectivity index (χ3v) is 15.5. The van der Waals surface area contributed by atoms with Crippen LogP contribution >= 0.6 is 0 Å². The second-order valence-electron chi connectivity index (χ2n) is 13.0. The predicted molar refractivity (Wildman–Crippen MR) is 175 cm³/mol. The minimum absolute atomic E-state index is 0.212. The van der Waals surface area contributed by atoms with Crippen LogP contribution in [0.3, 0.4) is 0 Å². The highest BCUT2D eigenvalue weighted by atomic mass is 28.3. The predicted octanol–water partition coefficient (Wildman–Crippen LogP) is 7.35. The average molecular weight is 584 g/mol. The first kappa shape index (κ1) is 30.0. The molecule has 8 nitrogen and oxygen atoms in total. The highest BCUT2D eigenvalue weighted by molar-refractivity contribution is 6.90. The van der Waals surface area contributed by atoms with Crippen molar-refractivity contribution in [1.29, 1.82) is 0 Å². The Balaban J connectivity index is 1.54. The largest absolute Gasteiger partial charge is 0.335 e. The van der Waals surface area contributed by atoms with Gasteiger partial charge in [-0.15, -0.1) is 5.54 Å². The van der Waals surface area contributed by atoms with E-state index in [0.717, 1.165) is 55.4 Å². The summed E-state index contributed by atoms with van der Waals surface area (Å²) in [5, 5.41) is 10.3. The molecule has 2 amide bonds. The molecule has 5 rings (SSSR count). The van der Waals surface area contributed by atoms with E-state index in [1.807, 2.05) is 12.3 Å². The number of urea groups is 1. The molecule has 3 aromatic rings. The van der Waals surface area contributed by atoms with Crippen LogP contribution in [0.4, 0.5) is 22.2 Å². The number of nitrogens with zero attached hydrogens (tertiary/aromatic N) is 4. The van der Waals surface area contributed by atoms with Gasteiger partial charge < -0.3 is 10.6 Å². The van der Waals surface area contributed by atoms with Crippen LogP contribution < -0.4 is 16.0 Å². The van der Waals surface area contributed by atoms with Crippen molar-refractivity contribution in [3.63, 3.8) is 0 Å². The van der Waals surface area contributed by atoms with Crippen LogP contribution in [0.2, 0.25) is 16.6 Å². The summed E-state index contributed by atoms with van der Waals surface area (Å²) in [4.78, 5) is 29.5. The Kier molecular flexibility index (Phi) is 8.85. The van der Waals surface area contributed by atoms with Gasteiger partial charge >= 0.3 is 6.03 Å². The van der Waals surface area contributed by atoms with E-state index >= 15 is 0 Å². The molecule has 0 bridgehead atoms. The minimum Gasteiger partial charge on any atom is -0.335 e. The smallest absolute Gasteiger partial charge is 0.320 e. The van der Waals surface area contributed by atoms with Gasteiger partial charge in [-0.05, 0) is 59.8 Å². The monoisotopic (exact) mass is 583 g/mol. The molecule has 0 radical (unpaired) electrons. The van der Waals surface area contributed by atoms with Crippen LogP contribution in [-0.2, 0) is 13.1 Å². The molecular weight excluding hydrogens is 538 g/mol. The third-order valence-electron chi connectivity index (χ3n) is 9.17. The second kappa shape index (κ2) is 12.4. The lowest BCUT2D eigenvalue weighted by Crippen LogP contribution is -2.43. The summed E-state index contributed by atoms with van der Waals surface area (Å²) >= 11 is 0. The van der Waals surface area contributed by atoms with Crippen LogP contribution in [0.1, 0.15) is 83.9 Å². The number of hydrogen-bond donors (Lipinski definition) is 3. The zero-order chi connectivity index (χ0) is 30.0. The van der Waals surface area contributed by atoms with Gasteiger partial charge in [-0.25, -0.2) is 14.8 Å². The molecule has 0 atom stereocenters. The summed E-state index contributed by atoms with van der Waals surface area (Å²) in [6, 6.07) is 8.15. The first-order valence-corrected chi connectivity index (χ1v) is 17.6. The molecule has 3 N–H and O–H groups in total. The van der Waals surface area contributed by atoms with E-state index in [9.17, 15) is 4.79 Å². The van der Waals surface area contributed by atoms with E-state index in [2.05, 4.69) is 104 Å². The van der Waals surface area contributed by atoms with E-state index in [4.69, 9.17) is 9.97 Å². The summed E-state index contributed by atoms with van der Waals surface area (Å²) in [6.07, 6.45) is 6.15. The van der Waals surface area contributed by atoms with Gasteiger partial charge in [0.2, 0.25) is 5.95 Å². The molecule has 0 spiro atoms. The standard InChI is InChI=1S/C33H45N7OSi/c1-21(2)42(22(3)4,23(5)6)16-15-24-17-30(38-33(41)35-26-12-8-9-13-26)37-31-27(24)18-34-32(39-31)36-29-14-10-11-25-19-40(7)20-28(25)29/h10-11,14,17-18,21-23,26H,8-9,12-13,19-20H2,1-7H3,(H3,34,35,36,37,38,39,41). The highest BCUT2D eigenvalue weighted by Crippen LogP contribution is 2.41. The molecule has 9 heteroatoms. The molecule has 222 valence electrons. The Morgan fingerprint density at radius 1 is 1.02 bits per heavy atom. The Morgan fingerprint density at radius 2 is 1.74 bits per heavy atom. The molecule has 1 aliphatic carbocycles. The maximum atomic E-state index is 12.9. The Morgan fingerprint density at radius 3 is 2.43 bits per heavy atom. The van der Waals surface area contributed by atoms with E-state index in [0.29, 0.717) is 34.0 Å². The highest BCUT2D eigenvalue weighted by Gasteiger charge is 2.41. The number of benzene rings is 1. The SMILES string of the molecule is CC(C)[Si](C#Cc1cc(NC(=O)NC2CCCC2)nc2nc(Nc3cccc4c3CN(C)C4)ncc12)(C(C)C)C(C)C. The number of amides is 2. The zero-order valence-electron chi connectivity index (χ0n) is 26.1. The van der Waals surface area contributed by atoms with Crippen molar-refractivity contribution in [2.45, 2.75) is 103 Å². The van der Waals surface area contributed by atoms with Crippen molar-refractivity contribution in [2.75, 3.05) is 17.7 Å². The van der Waals surface area contributed by atoms with Gasteiger partial charge in [0.05, 0.1) is 5.39 Å². The lowest BCUT2D eigenvalue weighted by atomic mass is 10.1. The fourth-order valence-corrected chi connectivity index (χ4v) is 12.3. The maximum Gasteiger partial charge on any atom is 0.320 e. The lowest BCUT2D eigenvalue weighted by molar-refractivity contribution is 0.248. The van der Waals surface area contributed by atoms with E-state index in [1.165, 1.54) is 11.1 Å². The summed E-state index contributed by atoms with van der Waals surface area (Å²) in [7, 11) is 0.133. The van der Waals surface area contributed by atoms with Crippen LogP contribution in [0.15, 0.2) is 30.5 Å². The number of carbonyl (C=O) groups excluding carboxylic acids is 1. The van der Waals surface area contributed by atoms with Gasteiger partial charge in [0.1, 0.15) is 13.9 Å². The van der Waals surface area contributed by atoms with Gasteiger partial charge in [0.25, 0.3) is 0 Å². The normalized spacial score (nSPS) is 15.8. The van der Waals surface area contributed by atoms with Gasteiger partial charge in [-0.1, -0.05) is 72.4 Å². The zero-order valence-corrected chi connectivity index (χ0v) is 27.1. The van der Waals surface area contributed by atoms with E-state index < -0.39 is 8.07 Å². The number of pyridine rings is 1. The quantitative estimate of drug-likeness (QED) is 0.199. The van der Waals surface area contributed by atoms with E-state index in [1.54, 1.807) is 0 Å². The fraction of sp³-hybridized carbons (Fsp3) is 0.515. The van der Waals surface area contributed by atoms with Gasteiger partial charge in [0, 0.05) is 36.6 Å². The summed E-state index contributed by atoms with van der Waals surface area (Å²) in [5.41, 5.74) is 10.2. The van der Waals surface area contributed by atoms with Gasteiger partial charge in [-0.2, -0.15) is 4.98 Å². The number of hydrogen-bond acceptors (Lipinski definition) is 6. The Hall–Kier alpha value is -3.48. The topological polar surface area (TPSA) is 95.1 Å². The summed E-state index contributed by atoms with van der Waals surface area (Å²) in [5.74, 6) is 4.48. The van der Waals surface area contributed by atoms with Crippen LogP contribution in [0, 0.1) is 11.5 Å². The van der Waals surface area contributed by atoms with Crippen molar-refractivity contribution in [2.24, 2.45) is 0 Å². The molecular formula is C33H45N7OSi. The van der Waals surface area contributed by atoms with Gasteiger partial charge in [-0.3, -0.25) is 10.2 Å². The first-order valence-electron chi connectivity index (χ1n) is 15.4. The molecule has 1 aliphatic heterocycles. The number of anilines is 3. The fourth-order valence-electron chi connectivity index (χ4n) is 7.08. The molecule has 0 unspecified atom stereocenters. The van der Waals surface area contributed by atoms with Crippen LogP contribution in [-0.4, -0.2) is 47.0 Å². The summed E-state index contributed by atoms with van der Waals surface area (Å²) in [6.45, 7) is 15.7. The number of rotatable bonds is 7. The molecule has 42 heavy (non-hydrogen) atoms.